The second-order valence-electron chi connectivity index (χ2n) is 7.93. The summed E-state index contributed by atoms with van der Waals surface area (Å²) < 4.78 is 28.1. The number of hydrogen-bond donors (Lipinski definition) is 0. The fourth-order valence-corrected chi connectivity index (χ4v) is 4.13. The molecule has 2 aliphatic heterocycles. The van der Waals surface area contributed by atoms with E-state index in [9.17, 15) is 18.4 Å². The Morgan fingerprint density at radius 1 is 0.929 bits per heavy atom. The van der Waals surface area contributed by atoms with E-state index in [0.717, 1.165) is 11.1 Å². The van der Waals surface area contributed by atoms with E-state index in [2.05, 4.69) is 0 Å². The summed E-state index contributed by atoms with van der Waals surface area (Å²) in [6, 6.07) is 7.34. The number of amides is 2. The Labute approximate surface area is 162 Å². The SMILES string of the molecule is CC(C)N1Cc2cc(CC(C)N3Cc4ccc(F)cc4C3=O)cc(F)c2C1=O. The van der Waals surface area contributed by atoms with Gasteiger partial charge in [0.25, 0.3) is 11.8 Å². The highest BCUT2D eigenvalue weighted by Gasteiger charge is 2.34. The van der Waals surface area contributed by atoms with E-state index < -0.39 is 11.6 Å². The first-order valence-corrected chi connectivity index (χ1v) is 9.48. The summed E-state index contributed by atoms with van der Waals surface area (Å²) in [6.07, 6.45) is 0.461. The molecule has 1 unspecified atom stereocenters. The summed E-state index contributed by atoms with van der Waals surface area (Å²) in [5.74, 6) is -1.41. The highest BCUT2D eigenvalue weighted by molar-refractivity contribution is 5.99. The van der Waals surface area contributed by atoms with Crippen molar-refractivity contribution in [1.82, 2.24) is 9.80 Å². The molecule has 0 saturated heterocycles. The quantitative estimate of drug-likeness (QED) is 0.802. The Morgan fingerprint density at radius 2 is 1.64 bits per heavy atom. The zero-order chi connectivity index (χ0) is 20.2. The monoisotopic (exact) mass is 384 g/mol. The second-order valence-corrected chi connectivity index (χ2v) is 7.93. The van der Waals surface area contributed by atoms with Crippen LogP contribution in [0.1, 0.15) is 58.2 Å². The number of benzene rings is 2. The molecule has 6 heteroatoms. The zero-order valence-corrected chi connectivity index (χ0v) is 16.1. The van der Waals surface area contributed by atoms with E-state index in [1.165, 1.54) is 18.2 Å². The van der Waals surface area contributed by atoms with Gasteiger partial charge in [0, 0.05) is 30.7 Å². The molecule has 4 rings (SSSR count). The molecule has 0 radical (unpaired) electrons. The van der Waals surface area contributed by atoms with E-state index in [1.54, 1.807) is 15.9 Å². The van der Waals surface area contributed by atoms with Crippen LogP contribution in [0.25, 0.3) is 0 Å². The van der Waals surface area contributed by atoms with Crippen molar-refractivity contribution >= 4 is 11.8 Å². The van der Waals surface area contributed by atoms with Gasteiger partial charge in [-0.15, -0.1) is 0 Å². The topological polar surface area (TPSA) is 40.6 Å². The number of nitrogens with zero attached hydrogens (tertiary/aromatic N) is 2. The Bertz CT molecular complexity index is 987. The van der Waals surface area contributed by atoms with Gasteiger partial charge in [0.1, 0.15) is 11.6 Å². The van der Waals surface area contributed by atoms with Crippen LogP contribution in [0.3, 0.4) is 0 Å². The van der Waals surface area contributed by atoms with Crippen molar-refractivity contribution < 1.29 is 18.4 Å². The summed E-state index contributed by atoms with van der Waals surface area (Å²) in [7, 11) is 0. The van der Waals surface area contributed by atoms with E-state index in [1.807, 2.05) is 26.8 Å². The molecule has 2 amide bonds. The first-order valence-electron chi connectivity index (χ1n) is 9.48. The summed E-state index contributed by atoms with van der Waals surface area (Å²) in [5.41, 5.74) is 2.79. The molecule has 2 aromatic carbocycles. The molecule has 146 valence electrons. The molecule has 1 atom stereocenters. The summed E-state index contributed by atoms with van der Waals surface area (Å²) in [4.78, 5) is 28.4. The summed E-state index contributed by atoms with van der Waals surface area (Å²) in [6.45, 7) is 6.53. The van der Waals surface area contributed by atoms with Crippen molar-refractivity contribution in [3.05, 3.63) is 69.8 Å². The van der Waals surface area contributed by atoms with Gasteiger partial charge in [-0.3, -0.25) is 9.59 Å². The van der Waals surface area contributed by atoms with Gasteiger partial charge in [-0.2, -0.15) is 0 Å². The van der Waals surface area contributed by atoms with Crippen molar-refractivity contribution in [1.29, 1.82) is 0 Å². The molecule has 0 N–H and O–H groups in total. The lowest BCUT2D eigenvalue weighted by molar-refractivity contribution is 0.0712. The van der Waals surface area contributed by atoms with Crippen LogP contribution in [-0.4, -0.2) is 33.7 Å². The smallest absolute Gasteiger partial charge is 0.257 e. The molecule has 0 fully saturated rings. The fourth-order valence-electron chi connectivity index (χ4n) is 4.13. The average molecular weight is 384 g/mol. The van der Waals surface area contributed by atoms with Gasteiger partial charge in [0.2, 0.25) is 0 Å². The molecular formula is C22H22F2N2O2. The molecule has 4 nitrogen and oxygen atoms in total. The molecule has 2 heterocycles. The predicted molar refractivity (Wildman–Crippen MR) is 101 cm³/mol. The van der Waals surface area contributed by atoms with Gasteiger partial charge in [0.05, 0.1) is 5.56 Å². The summed E-state index contributed by atoms with van der Waals surface area (Å²) in [5, 5.41) is 0. The normalized spacial score (nSPS) is 16.8. The van der Waals surface area contributed by atoms with Crippen molar-refractivity contribution in [2.24, 2.45) is 0 Å². The third kappa shape index (κ3) is 2.97. The maximum absolute atomic E-state index is 14.6. The molecule has 0 aliphatic carbocycles. The Balaban J connectivity index is 1.55. The van der Waals surface area contributed by atoms with E-state index in [-0.39, 0.29) is 29.5 Å². The lowest BCUT2D eigenvalue weighted by Gasteiger charge is -2.24. The van der Waals surface area contributed by atoms with Crippen molar-refractivity contribution in [2.75, 3.05) is 0 Å². The Morgan fingerprint density at radius 3 is 2.36 bits per heavy atom. The minimum atomic E-state index is -0.508. The largest absolute Gasteiger partial charge is 0.332 e. The molecular weight excluding hydrogens is 362 g/mol. The standard InChI is InChI=1S/C22H22F2N2O2/c1-12(2)25-11-16-7-14(8-19(24)20(16)22(25)28)6-13(3)26-10-15-4-5-17(23)9-18(15)21(26)27/h4-5,7-9,12-13H,6,10-11H2,1-3H3. The fraction of sp³-hybridized carbons (Fsp3) is 0.364. The predicted octanol–water partition coefficient (Wildman–Crippen LogP) is 3.92. The maximum atomic E-state index is 14.6. The van der Waals surface area contributed by atoms with Gasteiger partial charge in [-0.05, 0) is 62.1 Å². The van der Waals surface area contributed by atoms with Gasteiger partial charge in [-0.25, -0.2) is 8.78 Å². The van der Waals surface area contributed by atoms with Gasteiger partial charge in [0.15, 0.2) is 0 Å². The van der Waals surface area contributed by atoms with Crippen LogP contribution in [0, 0.1) is 11.6 Å². The van der Waals surface area contributed by atoms with Crippen LogP contribution in [0.5, 0.6) is 0 Å². The van der Waals surface area contributed by atoms with Crippen molar-refractivity contribution in [2.45, 2.75) is 52.4 Å². The summed E-state index contributed by atoms with van der Waals surface area (Å²) >= 11 is 0. The van der Waals surface area contributed by atoms with Crippen molar-refractivity contribution in [3.8, 4) is 0 Å². The highest BCUT2D eigenvalue weighted by Crippen LogP contribution is 2.30. The van der Waals surface area contributed by atoms with Crippen LogP contribution in [-0.2, 0) is 19.5 Å². The first kappa shape index (κ1) is 18.6. The van der Waals surface area contributed by atoms with Crippen LogP contribution < -0.4 is 0 Å². The van der Waals surface area contributed by atoms with Crippen molar-refractivity contribution in [3.63, 3.8) is 0 Å². The average Bonchev–Trinajstić information content (AvgIpc) is 3.13. The molecule has 2 aliphatic rings. The third-order valence-electron chi connectivity index (χ3n) is 5.64. The molecule has 28 heavy (non-hydrogen) atoms. The van der Waals surface area contributed by atoms with E-state index in [0.29, 0.717) is 30.6 Å². The van der Waals surface area contributed by atoms with Crippen LogP contribution >= 0.6 is 0 Å². The molecule has 0 saturated carbocycles. The van der Waals surface area contributed by atoms with Gasteiger partial charge >= 0.3 is 0 Å². The lowest BCUT2D eigenvalue weighted by atomic mass is 10.00. The number of carbonyl (C=O) groups excluding carboxylic acids is 2. The zero-order valence-electron chi connectivity index (χ0n) is 16.1. The highest BCUT2D eigenvalue weighted by atomic mass is 19.1. The minimum Gasteiger partial charge on any atom is -0.332 e. The van der Waals surface area contributed by atoms with Crippen LogP contribution in [0.2, 0.25) is 0 Å². The maximum Gasteiger partial charge on any atom is 0.257 e. The van der Waals surface area contributed by atoms with E-state index >= 15 is 0 Å². The molecule has 0 bridgehead atoms. The van der Waals surface area contributed by atoms with E-state index in [4.69, 9.17) is 0 Å². The Hall–Kier alpha value is -2.76. The number of carbonyl (C=O) groups is 2. The molecule has 0 aromatic heterocycles. The van der Waals surface area contributed by atoms with Crippen LogP contribution in [0.15, 0.2) is 30.3 Å². The lowest BCUT2D eigenvalue weighted by Crippen LogP contribution is -2.34. The van der Waals surface area contributed by atoms with Crippen LogP contribution in [0.4, 0.5) is 8.78 Å². The Kier molecular flexibility index (Phi) is 4.44. The minimum absolute atomic E-state index is 0.00259. The first-order chi connectivity index (χ1) is 13.3. The van der Waals surface area contributed by atoms with Gasteiger partial charge < -0.3 is 9.80 Å². The number of hydrogen-bond acceptors (Lipinski definition) is 2. The number of fused-ring (bicyclic) bond motifs is 2. The molecule has 2 aromatic rings. The second kappa shape index (κ2) is 6.69. The number of halogens is 2. The number of rotatable bonds is 4. The van der Waals surface area contributed by atoms with Gasteiger partial charge in [-0.1, -0.05) is 12.1 Å². The molecule has 0 spiro atoms. The third-order valence-corrected chi connectivity index (χ3v) is 5.64.